The topological polar surface area (TPSA) is 29.3 Å². The second-order valence-electron chi connectivity index (χ2n) is 4.50. The number of thiophene rings is 1. The molecule has 90 valence electrons. The quantitative estimate of drug-likeness (QED) is 0.867. The Kier molecular flexibility index (Phi) is 4.46. The molecule has 2 rings (SSSR count). The van der Waals surface area contributed by atoms with Gasteiger partial charge in [0.25, 0.3) is 0 Å². The largest absolute Gasteiger partial charge is 0.327 e. The Morgan fingerprint density at radius 1 is 1.56 bits per heavy atom. The van der Waals surface area contributed by atoms with Gasteiger partial charge < -0.3 is 5.73 Å². The predicted molar refractivity (Wildman–Crippen MR) is 76.8 cm³/mol. The standard InChI is InChI=1S/C11H16Br2N2S/c1-7-5-15(3-2-10(7)14)6-8-4-9(12)11(13)16-8/h4,7,10H,2-3,5-6,14H2,1H3. The van der Waals surface area contributed by atoms with Gasteiger partial charge in [-0.1, -0.05) is 6.92 Å². The van der Waals surface area contributed by atoms with Crippen molar-refractivity contribution in [3.63, 3.8) is 0 Å². The summed E-state index contributed by atoms with van der Waals surface area (Å²) in [6.07, 6.45) is 1.12. The highest BCUT2D eigenvalue weighted by atomic mass is 79.9. The summed E-state index contributed by atoms with van der Waals surface area (Å²) in [7, 11) is 0. The Hall–Kier alpha value is 0.580. The van der Waals surface area contributed by atoms with Crippen molar-refractivity contribution in [3.8, 4) is 0 Å². The van der Waals surface area contributed by atoms with Gasteiger partial charge in [0.15, 0.2) is 0 Å². The van der Waals surface area contributed by atoms with E-state index >= 15 is 0 Å². The molecule has 0 saturated carbocycles. The van der Waals surface area contributed by atoms with Crippen LogP contribution >= 0.6 is 43.2 Å². The van der Waals surface area contributed by atoms with Gasteiger partial charge in [0.2, 0.25) is 0 Å². The number of hydrogen-bond acceptors (Lipinski definition) is 3. The van der Waals surface area contributed by atoms with Crippen LogP contribution < -0.4 is 5.73 Å². The molecule has 0 aromatic carbocycles. The highest BCUT2D eigenvalue weighted by molar-refractivity contribution is 9.13. The first kappa shape index (κ1) is 13.0. The van der Waals surface area contributed by atoms with Gasteiger partial charge in [-0.15, -0.1) is 11.3 Å². The minimum atomic E-state index is 0.387. The number of hydrogen-bond donors (Lipinski definition) is 1. The van der Waals surface area contributed by atoms with Crippen LogP contribution in [-0.4, -0.2) is 24.0 Å². The molecule has 16 heavy (non-hydrogen) atoms. The van der Waals surface area contributed by atoms with Crippen LogP contribution in [0.15, 0.2) is 14.3 Å². The molecule has 1 aliphatic rings. The van der Waals surface area contributed by atoms with E-state index in [4.69, 9.17) is 5.73 Å². The van der Waals surface area contributed by atoms with Gasteiger partial charge >= 0.3 is 0 Å². The number of nitrogens with zero attached hydrogens (tertiary/aromatic N) is 1. The Bertz CT molecular complexity index is 347. The van der Waals surface area contributed by atoms with E-state index in [1.165, 1.54) is 8.66 Å². The summed E-state index contributed by atoms with van der Waals surface area (Å²) in [6, 6.07) is 2.59. The second-order valence-corrected chi connectivity index (χ2v) is 7.81. The molecular weight excluding hydrogens is 352 g/mol. The van der Waals surface area contributed by atoms with E-state index in [9.17, 15) is 0 Å². The first-order chi connectivity index (χ1) is 7.56. The molecule has 1 aromatic rings. The lowest BCUT2D eigenvalue weighted by Crippen LogP contribution is -2.45. The lowest BCUT2D eigenvalue weighted by atomic mass is 9.95. The fraction of sp³-hybridized carbons (Fsp3) is 0.636. The molecule has 2 unspecified atom stereocenters. The molecule has 1 aliphatic heterocycles. The van der Waals surface area contributed by atoms with Crippen molar-refractivity contribution in [2.24, 2.45) is 11.7 Å². The SMILES string of the molecule is CC1CN(Cc2cc(Br)c(Br)s2)CCC1N. The molecule has 1 fully saturated rings. The molecule has 2 heterocycles. The van der Waals surface area contributed by atoms with Gasteiger partial charge in [0, 0.05) is 35.0 Å². The van der Waals surface area contributed by atoms with Crippen molar-refractivity contribution in [2.45, 2.75) is 25.9 Å². The molecule has 0 aliphatic carbocycles. The lowest BCUT2D eigenvalue weighted by molar-refractivity contribution is 0.159. The van der Waals surface area contributed by atoms with E-state index in [1.54, 1.807) is 11.3 Å². The summed E-state index contributed by atoms with van der Waals surface area (Å²) in [5.74, 6) is 0.612. The van der Waals surface area contributed by atoms with Gasteiger partial charge in [-0.05, 0) is 50.3 Å². The third-order valence-electron chi connectivity index (χ3n) is 3.13. The van der Waals surface area contributed by atoms with Gasteiger partial charge in [-0.2, -0.15) is 0 Å². The molecule has 2 N–H and O–H groups in total. The van der Waals surface area contributed by atoms with Crippen LogP contribution in [0.3, 0.4) is 0 Å². The molecule has 0 bridgehead atoms. The van der Waals surface area contributed by atoms with E-state index in [0.717, 1.165) is 30.5 Å². The average molecular weight is 368 g/mol. The Labute approximate surface area is 117 Å². The third-order valence-corrected chi connectivity index (χ3v) is 6.37. The highest BCUT2D eigenvalue weighted by Gasteiger charge is 2.23. The zero-order chi connectivity index (χ0) is 11.7. The van der Waals surface area contributed by atoms with Crippen molar-refractivity contribution in [1.29, 1.82) is 0 Å². The summed E-state index contributed by atoms with van der Waals surface area (Å²) in [6.45, 7) is 5.54. The predicted octanol–water partition coefficient (Wildman–Crippen LogP) is 3.44. The number of nitrogens with two attached hydrogens (primary N) is 1. The minimum absolute atomic E-state index is 0.387. The zero-order valence-electron chi connectivity index (χ0n) is 9.25. The summed E-state index contributed by atoms with van der Waals surface area (Å²) in [5.41, 5.74) is 6.02. The number of rotatable bonds is 2. The van der Waals surface area contributed by atoms with Crippen molar-refractivity contribution in [3.05, 3.63) is 19.2 Å². The molecule has 0 spiro atoms. The smallest absolute Gasteiger partial charge is 0.0843 e. The Morgan fingerprint density at radius 3 is 2.88 bits per heavy atom. The normalized spacial score (nSPS) is 27.2. The molecule has 1 saturated heterocycles. The molecule has 2 nitrogen and oxygen atoms in total. The maximum atomic E-state index is 6.02. The van der Waals surface area contributed by atoms with Crippen LogP contribution in [-0.2, 0) is 6.54 Å². The summed E-state index contributed by atoms with van der Waals surface area (Å²) in [5, 5.41) is 0. The monoisotopic (exact) mass is 366 g/mol. The van der Waals surface area contributed by atoms with Crippen LogP contribution in [0.5, 0.6) is 0 Å². The molecule has 2 atom stereocenters. The van der Waals surface area contributed by atoms with E-state index in [2.05, 4.69) is 49.7 Å². The Balaban J connectivity index is 1.95. The number of piperidine rings is 1. The lowest BCUT2D eigenvalue weighted by Gasteiger charge is -2.34. The minimum Gasteiger partial charge on any atom is -0.327 e. The fourth-order valence-electron chi connectivity index (χ4n) is 2.08. The van der Waals surface area contributed by atoms with Gasteiger partial charge in [-0.3, -0.25) is 4.90 Å². The average Bonchev–Trinajstić information content (AvgIpc) is 2.52. The third kappa shape index (κ3) is 3.07. The molecular formula is C11H16Br2N2S. The van der Waals surface area contributed by atoms with Crippen LogP contribution in [0.4, 0.5) is 0 Å². The van der Waals surface area contributed by atoms with Gasteiger partial charge in [0.05, 0.1) is 3.79 Å². The van der Waals surface area contributed by atoms with E-state index in [1.807, 2.05) is 0 Å². The first-order valence-corrected chi connectivity index (χ1v) is 7.88. The summed E-state index contributed by atoms with van der Waals surface area (Å²) < 4.78 is 2.35. The van der Waals surface area contributed by atoms with E-state index < -0.39 is 0 Å². The summed E-state index contributed by atoms with van der Waals surface area (Å²) in [4.78, 5) is 3.90. The number of halogens is 2. The molecule has 0 amide bonds. The fourth-order valence-corrected chi connectivity index (χ4v) is 4.30. The molecule has 0 radical (unpaired) electrons. The summed E-state index contributed by atoms with van der Waals surface area (Å²) >= 11 is 8.87. The van der Waals surface area contributed by atoms with Crippen molar-refractivity contribution < 1.29 is 0 Å². The first-order valence-electron chi connectivity index (χ1n) is 5.48. The van der Waals surface area contributed by atoms with Crippen molar-refractivity contribution >= 4 is 43.2 Å². The van der Waals surface area contributed by atoms with Gasteiger partial charge in [-0.25, -0.2) is 0 Å². The molecule has 1 aromatic heterocycles. The zero-order valence-corrected chi connectivity index (χ0v) is 13.2. The maximum absolute atomic E-state index is 6.02. The second kappa shape index (κ2) is 5.48. The van der Waals surface area contributed by atoms with Crippen molar-refractivity contribution in [1.82, 2.24) is 4.90 Å². The molecule has 5 heteroatoms. The van der Waals surface area contributed by atoms with Crippen LogP contribution in [0, 0.1) is 5.92 Å². The number of likely N-dealkylation sites (tertiary alicyclic amines) is 1. The van der Waals surface area contributed by atoms with E-state index in [-0.39, 0.29) is 0 Å². The van der Waals surface area contributed by atoms with Gasteiger partial charge in [0.1, 0.15) is 0 Å². The Morgan fingerprint density at radius 2 is 2.31 bits per heavy atom. The van der Waals surface area contributed by atoms with Crippen LogP contribution in [0.25, 0.3) is 0 Å². The van der Waals surface area contributed by atoms with Crippen LogP contribution in [0.2, 0.25) is 0 Å². The highest BCUT2D eigenvalue weighted by Crippen LogP contribution is 2.33. The maximum Gasteiger partial charge on any atom is 0.0843 e. The van der Waals surface area contributed by atoms with Crippen LogP contribution in [0.1, 0.15) is 18.2 Å². The van der Waals surface area contributed by atoms with Crippen molar-refractivity contribution in [2.75, 3.05) is 13.1 Å². The van der Waals surface area contributed by atoms with E-state index in [0.29, 0.717) is 12.0 Å².